The van der Waals surface area contributed by atoms with Crippen molar-refractivity contribution in [1.82, 2.24) is 0 Å². The van der Waals surface area contributed by atoms with E-state index in [1.165, 1.54) is 6.42 Å². The number of hydrogen-bond acceptors (Lipinski definition) is 1. The van der Waals surface area contributed by atoms with Gasteiger partial charge in [0.2, 0.25) is 0 Å². The van der Waals surface area contributed by atoms with Crippen molar-refractivity contribution < 1.29 is 5.11 Å². The number of halogens is 1. The van der Waals surface area contributed by atoms with E-state index in [9.17, 15) is 5.11 Å². The highest BCUT2D eigenvalue weighted by Gasteiger charge is 2.50. The van der Waals surface area contributed by atoms with Crippen LogP contribution in [0.5, 0.6) is 0 Å². The zero-order chi connectivity index (χ0) is 7.35. The zero-order valence-corrected chi connectivity index (χ0v) is 6.93. The first kappa shape index (κ1) is 6.93. The van der Waals surface area contributed by atoms with Gasteiger partial charge in [0.25, 0.3) is 0 Å². The molecule has 58 valence electrons. The molecule has 2 saturated carbocycles. The Morgan fingerprint density at radius 2 is 2.10 bits per heavy atom. The van der Waals surface area contributed by atoms with Crippen molar-refractivity contribution in [2.75, 3.05) is 0 Å². The molecular formula is C8H13ClO. The van der Waals surface area contributed by atoms with Crippen LogP contribution < -0.4 is 0 Å². The smallest absolute Gasteiger partial charge is 0.0785 e. The summed E-state index contributed by atoms with van der Waals surface area (Å²) >= 11 is 5.98. The number of fused-ring (bicyclic) bond motifs is 1. The van der Waals surface area contributed by atoms with Gasteiger partial charge in [-0.3, -0.25) is 0 Å². The van der Waals surface area contributed by atoms with E-state index in [0.29, 0.717) is 0 Å². The van der Waals surface area contributed by atoms with E-state index >= 15 is 0 Å². The second kappa shape index (κ2) is 1.89. The standard InChI is InChI=1S/C8H13ClO/c1-8(10)4-6-2-5(6)3-7(8)9/h5-7,10H,2-4H2,1H3. The minimum Gasteiger partial charge on any atom is -0.389 e. The Kier molecular flexibility index (Phi) is 1.31. The van der Waals surface area contributed by atoms with Crippen molar-refractivity contribution in [3.05, 3.63) is 0 Å². The Morgan fingerprint density at radius 1 is 1.40 bits per heavy atom. The number of rotatable bonds is 0. The Morgan fingerprint density at radius 3 is 2.70 bits per heavy atom. The molecule has 0 bridgehead atoms. The van der Waals surface area contributed by atoms with Crippen molar-refractivity contribution in [2.45, 2.75) is 37.2 Å². The van der Waals surface area contributed by atoms with Gasteiger partial charge in [0, 0.05) is 0 Å². The highest BCUT2D eigenvalue weighted by Crippen LogP contribution is 2.53. The minimum absolute atomic E-state index is 0.00347. The molecule has 0 aliphatic heterocycles. The van der Waals surface area contributed by atoms with Gasteiger partial charge in [-0.15, -0.1) is 11.6 Å². The molecule has 10 heavy (non-hydrogen) atoms. The highest BCUT2D eigenvalue weighted by atomic mass is 35.5. The van der Waals surface area contributed by atoms with E-state index in [2.05, 4.69) is 0 Å². The molecule has 0 saturated heterocycles. The van der Waals surface area contributed by atoms with Gasteiger partial charge in [-0.2, -0.15) is 0 Å². The molecule has 1 N–H and O–H groups in total. The predicted octanol–water partition coefficient (Wildman–Crippen LogP) is 1.77. The summed E-state index contributed by atoms with van der Waals surface area (Å²) in [6, 6.07) is 0. The molecule has 4 atom stereocenters. The normalized spacial score (nSPS) is 59.7. The van der Waals surface area contributed by atoms with Gasteiger partial charge < -0.3 is 5.11 Å². The van der Waals surface area contributed by atoms with Crippen LogP contribution in [0.15, 0.2) is 0 Å². The van der Waals surface area contributed by atoms with Crippen LogP contribution in [0.4, 0.5) is 0 Å². The van der Waals surface area contributed by atoms with Gasteiger partial charge >= 0.3 is 0 Å². The van der Waals surface area contributed by atoms with Crippen molar-refractivity contribution in [3.63, 3.8) is 0 Å². The molecule has 4 unspecified atom stereocenters. The first-order chi connectivity index (χ1) is 4.59. The monoisotopic (exact) mass is 160 g/mol. The summed E-state index contributed by atoms with van der Waals surface area (Å²) in [6.45, 7) is 1.86. The van der Waals surface area contributed by atoms with Crippen LogP contribution in [0.3, 0.4) is 0 Å². The third kappa shape index (κ3) is 0.960. The molecule has 0 aromatic carbocycles. The van der Waals surface area contributed by atoms with E-state index in [-0.39, 0.29) is 5.38 Å². The van der Waals surface area contributed by atoms with Crippen LogP contribution in [0, 0.1) is 11.8 Å². The summed E-state index contributed by atoms with van der Waals surface area (Å²) in [5.41, 5.74) is -0.584. The van der Waals surface area contributed by atoms with E-state index in [1.807, 2.05) is 6.92 Å². The summed E-state index contributed by atoms with van der Waals surface area (Å²) in [7, 11) is 0. The summed E-state index contributed by atoms with van der Waals surface area (Å²) in [4.78, 5) is 0. The molecule has 2 heteroatoms. The first-order valence-electron chi connectivity index (χ1n) is 3.96. The number of aliphatic hydroxyl groups is 1. The average Bonchev–Trinajstić information content (AvgIpc) is 2.44. The fourth-order valence-corrected chi connectivity index (χ4v) is 2.35. The number of hydrogen-bond donors (Lipinski definition) is 1. The lowest BCUT2D eigenvalue weighted by atomic mass is 9.86. The summed E-state index contributed by atoms with van der Waals surface area (Å²) in [5.74, 6) is 1.65. The van der Waals surface area contributed by atoms with Crippen molar-refractivity contribution in [2.24, 2.45) is 11.8 Å². The molecular weight excluding hydrogens is 148 g/mol. The van der Waals surface area contributed by atoms with Crippen LogP contribution in [0.1, 0.15) is 26.2 Å². The molecule has 2 aliphatic carbocycles. The van der Waals surface area contributed by atoms with Gasteiger partial charge in [-0.05, 0) is 38.0 Å². The molecule has 1 nitrogen and oxygen atoms in total. The maximum atomic E-state index is 9.71. The SMILES string of the molecule is CC1(O)CC2CC2CC1Cl. The fourth-order valence-electron chi connectivity index (χ4n) is 2.03. The lowest BCUT2D eigenvalue weighted by Gasteiger charge is -2.32. The maximum Gasteiger partial charge on any atom is 0.0785 e. The van der Waals surface area contributed by atoms with Gasteiger partial charge in [0.1, 0.15) is 0 Å². The number of alkyl halides is 1. The van der Waals surface area contributed by atoms with Crippen LogP contribution >= 0.6 is 11.6 Å². The Bertz CT molecular complexity index is 155. The largest absolute Gasteiger partial charge is 0.389 e. The molecule has 2 rings (SSSR count). The maximum absolute atomic E-state index is 9.71. The molecule has 0 spiro atoms. The van der Waals surface area contributed by atoms with Crippen molar-refractivity contribution >= 4 is 11.6 Å². The summed E-state index contributed by atoms with van der Waals surface area (Å²) < 4.78 is 0. The quantitative estimate of drug-likeness (QED) is 0.536. The third-order valence-corrected chi connectivity index (χ3v) is 3.58. The average molecular weight is 161 g/mol. The van der Waals surface area contributed by atoms with E-state index < -0.39 is 5.60 Å². The Labute approximate surface area is 66.4 Å². The fraction of sp³-hybridized carbons (Fsp3) is 1.00. The Balaban J connectivity index is 2.08. The molecule has 0 amide bonds. The van der Waals surface area contributed by atoms with Gasteiger partial charge in [0.15, 0.2) is 0 Å². The molecule has 0 aromatic heterocycles. The molecule has 0 aromatic rings. The lowest BCUT2D eigenvalue weighted by Crippen LogP contribution is -2.39. The van der Waals surface area contributed by atoms with E-state index in [4.69, 9.17) is 11.6 Å². The highest BCUT2D eigenvalue weighted by molar-refractivity contribution is 6.21. The second-order valence-corrected chi connectivity index (χ2v) is 4.55. The van der Waals surface area contributed by atoms with E-state index in [1.54, 1.807) is 0 Å². The summed E-state index contributed by atoms with van der Waals surface area (Å²) in [6.07, 6.45) is 3.25. The van der Waals surface area contributed by atoms with Gasteiger partial charge in [-0.25, -0.2) is 0 Å². The Hall–Kier alpha value is 0.250. The predicted molar refractivity (Wildman–Crippen MR) is 41.1 cm³/mol. The third-order valence-electron chi connectivity index (χ3n) is 2.93. The molecule has 2 fully saturated rings. The van der Waals surface area contributed by atoms with Crippen LogP contribution in [-0.4, -0.2) is 16.1 Å². The zero-order valence-electron chi connectivity index (χ0n) is 6.18. The van der Waals surface area contributed by atoms with Crippen molar-refractivity contribution in [3.8, 4) is 0 Å². The second-order valence-electron chi connectivity index (χ2n) is 4.02. The van der Waals surface area contributed by atoms with Crippen molar-refractivity contribution in [1.29, 1.82) is 0 Å². The molecule has 0 heterocycles. The molecule has 2 aliphatic rings. The van der Waals surface area contributed by atoms with Crippen LogP contribution in [-0.2, 0) is 0 Å². The summed E-state index contributed by atoms with van der Waals surface area (Å²) in [5, 5.41) is 9.70. The molecule has 0 radical (unpaired) electrons. The first-order valence-corrected chi connectivity index (χ1v) is 4.40. The minimum atomic E-state index is -0.584. The topological polar surface area (TPSA) is 20.2 Å². The van der Waals surface area contributed by atoms with Gasteiger partial charge in [0.05, 0.1) is 11.0 Å². The lowest BCUT2D eigenvalue weighted by molar-refractivity contribution is 0.0228. The van der Waals surface area contributed by atoms with Gasteiger partial charge in [-0.1, -0.05) is 0 Å². The van der Waals surface area contributed by atoms with Crippen LogP contribution in [0.2, 0.25) is 0 Å². The van der Waals surface area contributed by atoms with Crippen LogP contribution in [0.25, 0.3) is 0 Å². The van der Waals surface area contributed by atoms with E-state index in [0.717, 1.165) is 24.7 Å².